The fourth-order valence-electron chi connectivity index (χ4n) is 1.82. The molecule has 1 saturated carbocycles. The van der Waals surface area contributed by atoms with Crippen LogP contribution in [-0.2, 0) is 14.8 Å². The minimum absolute atomic E-state index is 0.245. The third-order valence-corrected chi connectivity index (χ3v) is 4.49. The Kier molecular flexibility index (Phi) is 4.33. The van der Waals surface area contributed by atoms with E-state index in [1.165, 1.54) is 13.1 Å². The van der Waals surface area contributed by atoms with Crippen LogP contribution in [0.25, 0.3) is 0 Å². The van der Waals surface area contributed by atoms with Crippen molar-refractivity contribution in [2.75, 3.05) is 7.05 Å². The van der Waals surface area contributed by atoms with Gasteiger partial charge in [0.15, 0.2) is 5.76 Å². The van der Waals surface area contributed by atoms with E-state index in [-0.39, 0.29) is 5.76 Å². The highest BCUT2D eigenvalue weighted by molar-refractivity contribution is 7.89. The third kappa shape index (κ3) is 3.82. The number of aliphatic carboxylic acids is 1. The molecule has 1 atom stereocenters. The van der Waals surface area contributed by atoms with E-state index in [9.17, 15) is 18.0 Å². The number of hydrogen-bond donors (Lipinski definition) is 3. The van der Waals surface area contributed by atoms with Gasteiger partial charge in [-0.1, -0.05) is 12.8 Å². The van der Waals surface area contributed by atoms with E-state index in [0.717, 1.165) is 18.9 Å². The quantitative estimate of drug-likeness (QED) is 0.658. The molecule has 116 valence electrons. The summed E-state index contributed by atoms with van der Waals surface area (Å²) in [6.07, 6.45) is 2.29. The molecule has 1 fully saturated rings. The van der Waals surface area contributed by atoms with Gasteiger partial charge in [0.25, 0.3) is 15.9 Å². The van der Waals surface area contributed by atoms with Gasteiger partial charge in [-0.3, -0.25) is 4.79 Å². The SMILES string of the molecule is CNS(=O)(=O)c1ccc(C(=O)NC(CC2CC2)C(=O)O)o1. The zero-order chi connectivity index (χ0) is 15.6. The number of carboxylic acid groups (broad SMARTS) is 1. The second-order valence-electron chi connectivity index (χ2n) is 4.87. The first kappa shape index (κ1) is 15.5. The molecule has 2 rings (SSSR count). The topological polar surface area (TPSA) is 126 Å². The Labute approximate surface area is 121 Å². The summed E-state index contributed by atoms with van der Waals surface area (Å²) in [5.74, 6) is -1.79. The first-order valence-corrected chi connectivity index (χ1v) is 7.89. The number of carbonyl (C=O) groups excluding carboxylic acids is 1. The lowest BCUT2D eigenvalue weighted by atomic mass is 10.1. The van der Waals surface area contributed by atoms with Gasteiger partial charge in [0.1, 0.15) is 6.04 Å². The Bertz CT molecular complexity index is 646. The number of sulfonamides is 1. The minimum Gasteiger partial charge on any atom is -0.480 e. The summed E-state index contributed by atoms with van der Waals surface area (Å²) in [5.41, 5.74) is 0. The van der Waals surface area contributed by atoms with Gasteiger partial charge in [-0.2, -0.15) is 0 Å². The molecule has 21 heavy (non-hydrogen) atoms. The number of carboxylic acids is 1. The van der Waals surface area contributed by atoms with Crippen LogP contribution in [0.4, 0.5) is 0 Å². The average Bonchev–Trinajstić information content (AvgIpc) is 3.09. The molecule has 0 aliphatic heterocycles. The second kappa shape index (κ2) is 5.86. The predicted molar refractivity (Wildman–Crippen MR) is 71.2 cm³/mol. The first-order valence-electron chi connectivity index (χ1n) is 6.40. The van der Waals surface area contributed by atoms with Crippen molar-refractivity contribution in [1.29, 1.82) is 0 Å². The summed E-state index contributed by atoms with van der Waals surface area (Å²) in [6.45, 7) is 0. The summed E-state index contributed by atoms with van der Waals surface area (Å²) in [4.78, 5) is 23.0. The molecule has 0 saturated heterocycles. The normalized spacial score (nSPS) is 16.4. The Hall–Kier alpha value is -1.87. The molecule has 1 heterocycles. The molecule has 1 aliphatic carbocycles. The molecule has 1 unspecified atom stereocenters. The molecule has 0 bridgehead atoms. The van der Waals surface area contributed by atoms with E-state index < -0.39 is 33.0 Å². The van der Waals surface area contributed by atoms with Crippen LogP contribution in [0.1, 0.15) is 29.8 Å². The maximum absolute atomic E-state index is 11.9. The van der Waals surface area contributed by atoms with E-state index >= 15 is 0 Å². The van der Waals surface area contributed by atoms with Gasteiger partial charge in [-0.25, -0.2) is 17.9 Å². The maximum Gasteiger partial charge on any atom is 0.326 e. The summed E-state index contributed by atoms with van der Waals surface area (Å²) in [5, 5.41) is 11.0. The predicted octanol–water partition coefficient (Wildman–Crippen LogP) is 0.171. The molecule has 0 spiro atoms. The first-order chi connectivity index (χ1) is 9.83. The molecule has 8 nitrogen and oxygen atoms in total. The Balaban J connectivity index is 2.07. The van der Waals surface area contributed by atoms with Gasteiger partial charge in [0.2, 0.25) is 5.09 Å². The number of rotatable bonds is 7. The van der Waals surface area contributed by atoms with Crippen LogP contribution in [0.2, 0.25) is 0 Å². The molecule has 3 N–H and O–H groups in total. The number of carbonyl (C=O) groups is 2. The van der Waals surface area contributed by atoms with Crippen molar-refractivity contribution in [3.8, 4) is 0 Å². The zero-order valence-electron chi connectivity index (χ0n) is 11.3. The van der Waals surface area contributed by atoms with Gasteiger partial charge in [-0.15, -0.1) is 0 Å². The molecule has 9 heteroatoms. The van der Waals surface area contributed by atoms with Crippen molar-refractivity contribution in [2.24, 2.45) is 5.92 Å². The zero-order valence-corrected chi connectivity index (χ0v) is 12.1. The largest absolute Gasteiger partial charge is 0.480 e. The lowest BCUT2D eigenvalue weighted by Crippen LogP contribution is -2.41. The Morgan fingerprint density at radius 3 is 2.62 bits per heavy atom. The molecule has 1 amide bonds. The highest BCUT2D eigenvalue weighted by Gasteiger charge is 2.31. The molecule has 1 aromatic heterocycles. The fraction of sp³-hybridized carbons (Fsp3) is 0.500. The number of nitrogens with one attached hydrogen (secondary N) is 2. The standard InChI is InChI=1S/C12H16N2O6S/c1-13-21(18,19)10-5-4-9(20-10)11(15)14-8(12(16)17)6-7-2-3-7/h4-5,7-8,13H,2-3,6H2,1H3,(H,14,15)(H,16,17). The van der Waals surface area contributed by atoms with Crippen molar-refractivity contribution in [2.45, 2.75) is 30.4 Å². The van der Waals surface area contributed by atoms with Crippen molar-refractivity contribution >= 4 is 21.9 Å². The van der Waals surface area contributed by atoms with Gasteiger partial charge in [0.05, 0.1) is 0 Å². The van der Waals surface area contributed by atoms with E-state index in [1.807, 2.05) is 0 Å². The van der Waals surface area contributed by atoms with Crippen LogP contribution in [0.3, 0.4) is 0 Å². The van der Waals surface area contributed by atoms with E-state index in [0.29, 0.717) is 12.3 Å². The van der Waals surface area contributed by atoms with Crippen LogP contribution < -0.4 is 10.0 Å². The van der Waals surface area contributed by atoms with Crippen LogP contribution in [0.5, 0.6) is 0 Å². The monoisotopic (exact) mass is 316 g/mol. The van der Waals surface area contributed by atoms with Crippen LogP contribution in [0, 0.1) is 5.92 Å². The van der Waals surface area contributed by atoms with Crippen LogP contribution >= 0.6 is 0 Å². The molecule has 0 aromatic carbocycles. The molecular formula is C12H16N2O6S. The van der Waals surface area contributed by atoms with E-state index in [4.69, 9.17) is 9.52 Å². The van der Waals surface area contributed by atoms with E-state index in [1.54, 1.807) is 0 Å². The summed E-state index contributed by atoms with van der Waals surface area (Å²) >= 11 is 0. The third-order valence-electron chi connectivity index (χ3n) is 3.21. The molecular weight excluding hydrogens is 300 g/mol. The van der Waals surface area contributed by atoms with Gasteiger partial charge < -0.3 is 14.8 Å². The smallest absolute Gasteiger partial charge is 0.326 e. The highest BCUT2D eigenvalue weighted by Crippen LogP contribution is 2.33. The summed E-state index contributed by atoms with van der Waals surface area (Å²) in [6, 6.07) is 1.33. The molecule has 1 aromatic rings. The highest BCUT2D eigenvalue weighted by atomic mass is 32.2. The van der Waals surface area contributed by atoms with Crippen molar-refractivity contribution in [3.05, 3.63) is 17.9 Å². The van der Waals surface area contributed by atoms with Crippen LogP contribution in [0.15, 0.2) is 21.6 Å². The van der Waals surface area contributed by atoms with Crippen LogP contribution in [-0.4, -0.2) is 38.5 Å². The van der Waals surface area contributed by atoms with Gasteiger partial charge >= 0.3 is 5.97 Å². The van der Waals surface area contributed by atoms with Crippen molar-refractivity contribution in [1.82, 2.24) is 10.0 Å². The second-order valence-corrected chi connectivity index (χ2v) is 6.69. The number of amides is 1. The molecule has 0 radical (unpaired) electrons. The lowest BCUT2D eigenvalue weighted by Gasteiger charge is -2.12. The number of furan rings is 1. The molecule has 1 aliphatic rings. The summed E-state index contributed by atoms with van der Waals surface area (Å²) in [7, 11) is -2.56. The number of hydrogen-bond acceptors (Lipinski definition) is 5. The van der Waals surface area contributed by atoms with Gasteiger partial charge in [-0.05, 0) is 31.5 Å². The summed E-state index contributed by atoms with van der Waals surface area (Å²) < 4.78 is 30.0. The Morgan fingerprint density at radius 1 is 1.43 bits per heavy atom. The minimum atomic E-state index is -3.78. The van der Waals surface area contributed by atoms with E-state index in [2.05, 4.69) is 10.0 Å². The maximum atomic E-state index is 11.9. The van der Waals surface area contributed by atoms with Crippen molar-refractivity contribution in [3.63, 3.8) is 0 Å². The fourth-order valence-corrected chi connectivity index (χ4v) is 2.47. The van der Waals surface area contributed by atoms with Crippen molar-refractivity contribution < 1.29 is 27.5 Å². The average molecular weight is 316 g/mol. The van der Waals surface area contributed by atoms with Gasteiger partial charge in [0, 0.05) is 0 Å². The lowest BCUT2D eigenvalue weighted by molar-refractivity contribution is -0.139. The Morgan fingerprint density at radius 2 is 2.10 bits per heavy atom.